The SMILES string of the molecule is Nc1ccc(CN(CCO)C2CCCC2)cn1. The number of rotatable bonds is 5. The van der Waals surface area contributed by atoms with Crippen molar-refractivity contribution in [3.8, 4) is 0 Å². The molecule has 0 amide bonds. The van der Waals surface area contributed by atoms with Gasteiger partial charge in [0.1, 0.15) is 5.82 Å². The highest BCUT2D eigenvalue weighted by atomic mass is 16.3. The van der Waals surface area contributed by atoms with Crippen LogP contribution in [0.1, 0.15) is 31.2 Å². The molecule has 3 N–H and O–H groups in total. The van der Waals surface area contributed by atoms with Gasteiger partial charge in [-0.25, -0.2) is 4.98 Å². The second kappa shape index (κ2) is 5.98. The minimum atomic E-state index is 0.221. The number of aliphatic hydroxyl groups is 1. The molecule has 4 heteroatoms. The van der Waals surface area contributed by atoms with Crippen LogP contribution in [0.5, 0.6) is 0 Å². The van der Waals surface area contributed by atoms with Gasteiger partial charge < -0.3 is 10.8 Å². The van der Waals surface area contributed by atoms with E-state index in [1.807, 2.05) is 18.3 Å². The summed E-state index contributed by atoms with van der Waals surface area (Å²) in [4.78, 5) is 6.47. The number of hydrogen-bond donors (Lipinski definition) is 2. The Kier molecular flexibility index (Phi) is 4.34. The Morgan fingerprint density at radius 1 is 1.35 bits per heavy atom. The van der Waals surface area contributed by atoms with E-state index < -0.39 is 0 Å². The summed E-state index contributed by atoms with van der Waals surface area (Å²) < 4.78 is 0. The lowest BCUT2D eigenvalue weighted by Crippen LogP contribution is -2.35. The molecule has 1 fully saturated rings. The van der Waals surface area contributed by atoms with E-state index in [0.29, 0.717) is 11.9 Å². The molecule has 2 rings (SSSR count). The van der Waals surface area contributed by atoms with E-state index in [2.05, 4.69) is 9.88 Å². The predicted molar refractivity (Wildman–Crippen MR) is 68.4 cm³/mol. The summed E-state index contributed by atoms with van der Waals surface area (Å²) in [5.41, 5.74) is 6.74. The van der Waals surface area contributed by atoms with Gasteiger partial charge in [0.25, 0.3) is 0 Å². The molecule has 1 heterocycles. The van der Waals surface area contributed by atoms with E-state index >= 15 is 0 Å². The number of pyridine rings is 1. The van der Waals surface area contributed by atoms with Crippen molar-refractivity contribution in [2.45, 2.75) is 38.3 Å². The molecule has 0 aromatic carbocycles. The van der Waals surface area contributed by atoms with Gasteiger partial charge in [-0.1, -0.05) is 18.9 Å². The van der Waals surface area contributed by atoms with Crippen LogP contribution in [-0.2, 0) is 6.54 Å². The summed E-state index contributed by atoms with van der Waals surface area (Å²) in [5.74, 6) is 0.559. The van der Waals surface area contributed by atoms with Gasteiger partial charge in [0.2, 0.25) is 0 Å². The summed E-state index contributed by atoms with van der Waals surface area (Å²) in [6.07, 6.45) is 6.96. The molecule has 0 saturated heterocycles. The zero-order chi connectivity index (χ0) is 12.1. The third kappa shape index (κ3) is 3.41. The van der Waals surface area contributed by atoms with E-state index in [0.717, 1.165) is 13.1 Å². The van der Waals surface area contributed by atoms with Crippen LogP contribution in [0.4, 0.5) is 5.82 Å². The van der Waals surface area contributed by atoms with Crippen molar-refractivity contribution in [1.29, 1.82) is 0 Å². The Morgan fingerprint density at radius 2 is 2.12 bits per heavy atom. The van der Waals surface area contributed by atoms with Crippen LogP contribution in [0.3, 0.4) is 0 Å². The van der Waals surface area contributed by atoms with Gasteiger partial charge in [0.15, 0.2) is 0 Å². The zero-order valence-corrected chi connectivity index (χ0v) is 10.2. The van der Waals surface area contributed by atoms with Crippen LogP contribution in [0, 0.1) is 0 Å². The molecule has 0 unspecified atom stereocenters. The fourth-order valence-corrected chi connectivity index (χ4v) is 2.55. The number of nitrogens with two attached hydrogens (primary N) is 1. The minimum absolute atomic E-state index is 0.221. The molecule has 1 aromatic rings. The van der Waals surface area contributed by atoms with E-state index in [9.17, 15) is 0 Å². The average molecular weight is 235 g/mol. The molecule has 1 saturated carbocycles. The number of hydrogen-bond acceptors (Lipinski definition) is 4. The summed E-state index contributed by atoms with van der Waals surface area (Å²) in [5, 5.41) is 9.14. The highest BCUT2D eigenvalue weighted by Gasteiger charge is 2.22. The standard InChI is InChI=1S/C13H21N3O/c14-13-6-5-11(9-15-13)10-16(7-8-17)12-3-1-2-4-12/h5-6,9,12,17H,1-4,7-8,10H2,(H2,14,15). The molecule has 0 radical (unpaired) electrons. The monoisotopic (exact) mass is 235 g/mol. The van der Waals surface area contributed by atoms with Gasteiger partial charge in [-0.15, -0.1) is 0 Å². The van der Waals surface area contributed by atoms with Crippen LogP contribution >= 0.6 is 0 Å². The lowest BCUT2D eigenvalue weighted by Gasteiger charge is -2.28. The van der Waals surface area contributed by atoms with Gasteiger partial charge in [-0.3, -0.25) is 4.90 Å². The van der Waals surface area contributed by atoms with Crippen molar-refractivity contribution in [1.82, 2.24) is 9.88 Å². The van der Waals surface area contributed by atoms with E-state index in [1.54, 1.807) is 0 Å². The molecule has 0 spiro atoms. The first-order valence-electron chi connectivity index (χ1n) is 6.35. The van der Waals surface area contributed by atoms with Gasteiger partial charge >= 0.3 is 0 Å². The first-order valence-corrected chi connectivity index (χ1v) is 6.35. The van der Waals surface area contributed by atoms with Crippen LogP contribution in [-0.4, -0.2) is 34.2 Å². The Bertz CT molecular complexity index is 333. The number of nitrogen functional groups attached to an aromatic ring is 1. The van der Waals surface area contributed by atoms with Gasteiger partial charge in [-0.05, 0) is 24.5 Å². The normalized spacial score (nSPS) is 16.8. The Morgan fingerprint density at radius 3 is 2.71 bits per heavy atom. The summed E-state index contributed by atoms with van der Waals surface area (Å²) in [6, 6.07) is 4.47. The third-order valence-corrected chi connectivity index (χ3v) is 3.46. The third-order valence-electron chi connectivity index (χ3n) is 3.46. The van der Waals surface area contributed by atoms with Gasteiger partial charge in [0.05, 0.1) is 6.61 Å². The maximum Gasteiger partial charge on any atom is 0.123 e. The zero-order valence-electron chi connectivity index (χ0n) is 10.2. The van der Waals surface area contributed by atoms with Crippen molar-refractivity contribution in [2.24, 2.45) is 0 Å². The predicted octanol–water partition coefficient (Wildman–Crippen LogP) is 1.40. The first-order chi connectivity index (χ1) is 8.29. The molecule has 1 aromatic heterocycles. The Labute approximate surface area is 102 Å². The largest absolute Gasteiger partial charge is 0.395 e. The van der Waals surface area contributed by atoms with E-state index in [1.165, 1.54) is 31.2 Å². The maximum absolute atomic E-state index is 9.14. The molecule has 0 bridgehead atoms. The summed E-state index contributed by atoms with van der Waals surface area (Å²) in [6.45, 7) is 1.83. The van der Waals surface area contributed by atoms with Crippen LogP contribution in [0.25, 0.3) is 0 Å². The minimum Gasteiger partial charge on any atom is -0.395 e. The number of nitrogens with zero attached hydrogens (tertiary/aromatic N) is 2. The molecule has 0 aliphatic heterocycles. The average Bonchev–Trinajstić information content (AvgIpc) is 2.85. The van der Waals surface area contributed by atoms with Gasteiger partial charge in [0, 0.05) is 25.3 Å². The first kappa shape index (κ1) is 12.3. The lowest BCUT2D eigenvalue weighted by molar-refractivity contribution is 0.144. The Balaban J connectivity index is 1.98. The maximum atomic E-state index is 9.14. The van der Waals surface area contributed by atoms with Crippen molar-refractivity contribution in [3.05, 3.63) is 23.9 Å². The molecule has 17 heavy (non-hydrogen) atoms. The molecular formula is C13H21N3O. The second-order valence-electron chi connectivity index (χ2n) is 4.72. The van der Waals surface area contributed by atoms with Crippen molar-refractivity contribution in [2.75, 3.05) is 18.9 Å². The van der Waals surface area contributed by atoms with Crippen LogP contribution in [0.15, 0.2) is 18.3 Å². The van der Waals surface area contributed by atoms with Gasteiger partial charge in [-0.2, -0.15) is 0 Å². The van der Waals surface area contributed by atoms with E-state index in [-0.39, 0.29) is 6.61 Å². The summed E-state index contributed by atoms with van der Waals surface area (Å²) in [7, 11) is 0. The summed E-state index contributed by atoms with van der Waals surface area (Å²) >= 11 is 0. The fraction of sp³-hybridized carbons (Fsp3) is 0.615. The molecule has 1 aliphatic rings. The number of anilines is 1. The lowest BCUT2D eigenvalue weighted by atomic mass is 10.1. The topological polar surface area (TPSA) is 62.4 Å². The number of aliphatic hydroxyl groups excluding tert-OH is 1. The van der Waals surface area contributed by atoms with E-state index in [4.69, 9.17) is 10.8 Å². The molecular weight excluding hydrogens is 214 g/mol. The highest BCUT2D eigenvalue weighted by molar-refractivity contribution is 5.29. The molecule has 0 atom stereocenters. The highest BCUT2D eigenvalue weighted by Crippen LogP contribution is 2.24. The Hall–Kier alpha value is -1.13. The number of aromatic nitrogens is 1. The quantitative estimate of drug-likeness (QED) is 0.810. The smallest absolute Gasteiger partial charge is 0.123 e. The fourth-order valence-electron chi connectivity index (χ4n) is 2.55. The molecule has 1 aliphatic carbocycles. The van der Waals surface area contributed by atoms with Crippen LogP contribution < -0.4 is 5.73 Å². The molecule has 94 valence electrons. The van der Waals surface area contributed by atoms with Crippen molar-refractivity contribution >= 4 is 5.82 Å². The van der Waals surface area contributed by atoms with Crippen LogP contribution in [0.2, 0.25) is 0 Å². The molecule has 4 nitrogen and oxygen atoms in total. The van der Waals surface area contributed by atoms with Crippen molar-refractivity contribution in [3.63, 3.8) is 0 Å². The van der Waals surface area contributed by atoms with Crippen molar-refractivity contribution < 1.29 is 5.11 Å². The second-order valence-corrected chi connectivity index (χ2v) is 4.72.